The van der Waals surface area contributed by atoms with Gasteiger partial charge in [-0.1, -0.05) is 60.7 Å². The van der Waals surface area contributed by atoms with Crippen LogP contribution in [0, 0.1) is 0 Å². The van der Waals surface area contributed by atoms with E-state index in [9.17, 15) is 4.79 Å². The van der Waals surface area contributed by atoms with Crippen molar-refractivity contribution in [3.05, 3.63) is 72.3 Å². The van der Waals surface area contributed by atoms with E-state index < -0.39 is 11.9 Å². The number of hydrogen-bond donors (Lipinski definition) is 3. The van der Waals surface area contributed by atoms with Gasteiger partial charge >= 0.3 is 11.9 Å². The van der Waals surface area contributed by atoms with Crippen molar-refractivity contribution in [1.29, 1.82) is 0 Å². The Kier molecular flexibility index (Phi) is 10.6. The van der Waals surface area contributed by atoms with E-state index in [2.05, 4.69) is 51.5 Å². The Labute approximate surface area is 187 Å². The van der Waals surface area contributed by atoms with Crippen LogP contribution in [-0.2, 0) is 14.4 Å². The SMILES string of the molecule is O=C(CCN1CCN(CC=Cc2ccccc2)CC1)Nc1ccccc1.O=C(O)C(=O)O. The number of carboxylic acids is 2. The van der Waals surface area contributed by atoms with Gasteiger partial charge in [-0.25, -0.2) is 9.59 Å². The molecule has 1 saturated heterocycles. The predicted molar refractivity (Wildman–Crippen MR) is 123 cm³/mol. The lowest BCUT2D eigenvalue weighted by atomic mass is 10.2. The molecule has 170 valence electrons. The number of anilines is 1. The normalized spacial score (nSPS) is 14.4. The van der Waals surface area contributed by atoms with Crippen LogP contribution < -0.4 is 5.32 Å². The fourth-order valence-electron chi connectivity index (χ4n) is 3.10. The summed E-state index contributed by atoms with van der Waals surface area (Å²) in [6.07, 6.45) is 4.96. The highest BCUT2D eigenvalue weighted by Gasteiger charge is 2.16. The van der Waals surface area contributed by atoms with Gasteiger partial charge in [0.1, 0.15) is 0 Å². The molecule has 0 saturated carbocycles. The largest absolute Gasteiger partial charge is 0.473 e. The van der Waals surface area contributed by atoms with Gasteiger partial charge in [0.15, 0.2) is 0 Å². The molecule has 1 amide bonds. The van der Waals surface area contributed by atoms with E-state index in [1.807, 2.05) is 36.4 Å². The molecular formula is C24H29N3O5. The van der Waals surface area contributed by atoms with Crippen molar-refractivity contribution in [2.45, 2.75) is 6.42 Å². The summed E-state index contributed by atoms with van der Waals surface area (Å²) < 4.78 is 0. The molecule has 0 spiro atoms. The van der Waals surface area contributed by atoms with Crippen LogP contribution in [-0.4, -0.2) is 77.1 Å². The summed E-state index contributed by atoms with van der Waals surface area (Å²) in [6, 6.07) is 20.0. The Hall–Kier alpha value is -3.49. The lowest BCUT2D eigenvalue weighted by molar-refractivity contribution is -0.159. The van der Waals surface area contributed by atoms with Gasteiger partial charge in [0.25, 0.3) is 0 Å². The summed E-state index contributed by atoms with van der Waals surface area (Å²) in [5.41, 5.74) is 2.11. The molecule has 1 fully saturated rings. The van der Waals surface area contributed by atoms with Crippen LogP contribution in [0.25, 0.3) is 6.08 Å². The Balaban J connectivity index is 0.000000534. The molecule has 0 aliphatic carbocycles. The van der Waals surface area contributed by atoms with E-state index in [1.165, 1.54) is 5.56 Å². The summed E-state index contributed by atoms with van der Waals surface area (Å²) in [5.74, 6) is -3.56. The highest BCUT2D eigenvalue weighted by atomic mass is 16.4. The topological polar surface area (TPSA) is 110 Å². The Morgan fingerprint density at radius 3 is 1.91 bits per heavy atom. The number of carbonyl (C=O) groups is 3. The van der Waals surface area contributed by atoms with Gasteiger partial charge in [0.05, 0.1) is 0 Å². The Morgan fingerprint density at radius 1 is 0.812 bits per heavy atom. The quantitative estimate of drug-likeness (QED) is 0.569. The number of rotatable bonds is 7. The maximum Gasteiger partial charge on any atom is 0.414 e. The van der Waals surface area contributed by atoms with E-state index in [4.69, 9.17) is 19.8 Å². The van der Waals surface area contributed by atoms with Crippen LogP contribution in [0.2, 0.25) is 0 Å². The molecule has 1 aliphatic heterocycles. The van der Waals surface area contributed by atoms with E-state index in [0.717, 1.165) is 45.0 Å². The molecule has 2 aromatic carbocycles. The van der Waals surface area contributed by atoms with E-state index in [-0.39, 0.29) is 5.91 Å². The highest BCUT2D eigenvalue weighted by Crippen LogP contribution is 2.07. The van der Waals surface area contributed by atoms with E-state index in [0.29, 0.717) is 6.42 Å². The van der Waals surface area contributed by atoms with Gasteiger partial charge in [0, 0.05) is 51.4 Å². The molecular weight excluding hydrogens is 410 g/mol. The molecule has 0 bridgehead atoms. The summed E-state index contributed by atoms with van der Waals surface area (Å²) >= 11 is 0. The van der Waals surface area contributed by atoms with Gasteiger partial charge in [-0.05, 0) is 17.7 Å². The van der Waals surface area contributed by atoms with Gasteiger partial charge in [0.2, 0.25) is 5.91 Å². The highest BCUT2D eigenvalue weighted by molar-refractivity contribution is 6.27. The lowest BCUT2D eigenvalue weighted by Gasteiger charge is -2.34. The Morgan fingerprint density at radius 2 is 1.34 bits per heavy atom. The number of nitrogens with zero attached hydrogens (tertiary/aromatic N) is 2. The van der Waals surface area contributed by atoms with Crippen LogP contribution in [0.15, 0.2) is 66.7 Å². The second kappa shape index (κ2) is 13.7. The molecule has 3 rings (SSSR count). The fraction of sp³-hybridized carbons (Fsp3) is 0.292. The second-order valence-electron chi connectivity index (χ2n) is 7.23. The van der Waals surface area contributed by atoms with Crippen molar-refractivity contribution in [2.24, 2.45) is 0 Å². The van der Waals surface area contributed by atoms with Gasteiger partial charge in [-0.2, -0.15) is 0 Å². The summed E-state index contributed by atoms with van der Waals surface area (Å²) in [7, 11) is 0. The van der Waals surface area contributed by atoms with Crippen molar-refractivity contribution in [1.82, 2.24) is 9.80 Å². The van der Waals surface area contributed by atoms with Crippen LogP contribution in [0.3, 0.4) is 0 Å². The number of carboxylic acid groups (broad SMARTS) is 2. The van der Waals surface area contributed by atoms with Gasteiger partial charge < -0.3 is 20.4 Å². The first-order valence-corrected chi connectivity index (χ1v) is 10.4. The number of aliphatic carboxylic acids is 2. The third-order valence-electron chi connectivity index (χ3n) is 4.83. The second-order valence-corrected chi connectivity index (χ2v) is 7.23. The summed E-state index contributed by atoms with van der Waals surface area (Å²) in [4.78, 5) is 35.1. The van der Waals surface area contributed by atoms with Crippen molar-refractivity contribution in [3.63, 3.8) is 0 Å². The number of nitrogens with one attached hydrogen (secondary N) is 1. The van der Waals surface area contributed by atoms with Crippen molar-refractivity contribution >= 4 is 29.6 Å². The minimum Gasteiger partial charge on any atom is -0.473 e. The molecule has 3 N–H and O–H groups in total. The van der Waals surface area contributed by atoms with Crippen molar-refractivity contribution in [2.75, 3.05) is 44.6 Å². The number of benzene rings is 2. The number of carbonyl (C=O) groups excluding carboxylic acids is 1. The van der Waals surface area contributed by atoms with Crippen LogP contribution in [0.4, 0.5) is 5.69 Å². The lowest BCUT2D eigenvalue weighted by Crippen LogP contribution is -2.46. The van der Waals surface area contributed by atoms with E-state index in [1.54, 1.807) is 0 Å². The maximum atomic E-state index is 12.0. The summed E-state index contributed by atoms with van der Waals surface area (Å²) in [6.45, 7) is 5.97. The zero-order valence-corrected chi connectivity index (χ0v) is 17.9. The van der Waals surface area contributed by atoms with Crippen LogP contribution in [0.1, 0.15) is 12.0 Å². The zero-order chi connectivity index (χ0) is 23.2. The maximum absolute atomic E-state index is 12.0. The number of para-hydroxylation sites is 1. The monoisotopic (exact) mass is 439 g/mol. The molecule has 0 unspecified atom stereocenters. The molecule has 2 aromatic rings. The third-order valence-corrected chi connectivity index (χ3v) is 4.83. The standard InChI is InChI=1S/C22H27N3O.C2H2O4/c26-22(23-21-11-5-2-6-12-21)13-15-25-18-16-24(17-19-25)14-7-10-20-8-3-1-4-9-20;3-1(4)2(5)6/h1-12H,13-19H2,(H,23,26);(H,3,4)(H,5,6). The molecule has 0 radical (unpaired) electrons. The predicted octanol–water partition coefficient (Wildman–Crippen LogP) is 2.50. The molecule has 0 aromatic heterocycles. The molecule has 8 heteroatoms. The smallest absolute Gasteiger partial charge is 0.414 e. The fourth-order valence-corrected chi connectivity index (χ4v) is 3.10. The Bertz CT molecular complexity index is 867. The zero-order valence-electron chi connectivity index (χ0n) is 17.9. The first kappa shape index (κ1) is 24.8. The molecule has 32 heavy (non-hydrogen) atoms. The number of amides is 1. The first-order chi connectivity index (χ1) is 15.4. The molecule has 1 aliphatic rings. The average molecular weight is 440 g/mol. The van der Waals surface area contributed by atoms with Gasteiger partial charge in [-0.3, -0.25) is 9.69 Å². The van der Waals surface area contributed by atoms with Crippen LogP contribution in [0.5, 0.6) is 0 Å². The van der Waals surface area contributed by atoms with Crippen LogP contribution >= 0.6 is 0 Å². The number of piperazine rings is 1. The number of hydrogen-bond acceptors (Lipinski definition) is 5. The summed E-state index contributed by atoms with van der Waals surface area (Å²) in [5, 5.41) is 17.7. The minimum atomic E-state index is -1.82. The third kappa shape index (κ3) is 10.0. The molecule has 0 atom stereocenters. The van der Waals surface area contributed by atoms with Crippen molar-refractivity contribution in [3.8, 4) is 0 Å². The minimum absolute atomic E-state index is 0.0874. The van der Waals surface area contributed by atoms with Crippen molar-refractivity contribution < 1.29 is 24.6 Å². The first-order valence-electron chi connectivity index (χ1n) is 10.4. The molecule has 8 nitrogen and oxygen atoms in total. The molecule has 1 heterocycles. The van der Waals surface area contributed by atoms with Gasteiger partial charge in [-0.15, -0.1) is 0 Å². The average Bonchev–Trinajstić information content (AvgIpc) is 2.80. The van der Waals surface area contributed by atoms with E-state index >= 15 is 0 Å².